The van der Waals surface area contributed by atoms with Gasteiger partial charge >= 0.3 is 11.9 Å². The molecular weight excluding hydrogens is 550 g/mol. The predicted molar refractivity (Wildman–Crippen MR) is 169 cm³/mol. The maximum absolute atomic E-state index is 12.2. The van der Waals surface area contributed by atoms with Crippen molar-refractivity contribution in [2.45, 2.75) is 65.2 Å². The van der Waals surface area contributed by atoms with E-state index in [1.807, 2.05) is 60.4 Å². The van der Waals surface area contributed by atoms with Gasteiger partial charge in [-0.2, -0.15) is 0 Å². The zero-order valence-electron chi connectivity index (χ0n) is 25.1. The number of nitrogens with zero attached hydrogens (tertiary/aromatic N) is 1. The summed E-state index contributed by atoms with van der Waals surface area (Å²) in [5.74, 6) is 1.35. The molecule has 7 nitrogen and oxygen atoms in total. The van der Waals surface area contributed by atoms with Crippen molar-refractivity contribution in [3.63, 3.8) is 0 Å². The zero-order valence-corrected chi connectivity index (χ0v) is 25.9. The molecule has 0 radical (unpaired) electrons. The standard InChI is InChI=1S/C34H45NO6S/c1-3-39-32(36)15-8-5-12-27(26-28-17-20-30(21-18-28)33(37)40-4-2)16-19-29-13-6-7-14-31(29)41-24-11-25-42-34(38)35-22-9-10-23-35/h6-7,13-14,16-21,27H,3-5,8-12,15,22-26H2,1-2H3/b19-16+. The van der Waals surface area contributed by atoms with Gasteiger partial charge in [-0.3, -0.25) is 9.59 Å². The van der Waals surface area contributed by atoms with Crippen molar-refractivity contribution in [3.05, 3.63) is 71.3 Å². The van der Waals surface area contributed by atoms with Crippen LogP contribution in [0.5, 0.6) is 5.75 Å². The van der Waals surface area contributed by atoms with Crippen LogP contribution in [0.25, 0.3) is 6.08 Å². The number of unbranched alkanes of at least 4 members (excludes halogenated alkanes) is 1. The van der Waals surface area contributed by atoms with Gasteiger partial charge in [0.05, 0.1) is 25.4 Å². The molecular formula is C34H45NO6S. The monoisotopic (exact) mass is 595 g/mol. The molecule has 2 aromatic carbocycles. The number of carbonyl (C=O) groups is 3. The lowest BCUT2D eigenvalue weighted by Crippen LogP contribution is -2.23. The highest BCUT2D eigenvalue weighted by Crippen LogP contribution is 2.24. The summed E-state index contributed by atoms with van der Waals surface area (Å²) in [5.41, 5.74) is 2.69. The van der Waals surface area contributed by atoms with Gasteiger partial charge in [0.1, 0.15) is 5.75 Å². The van der Waals surface area contributed by atoms with Crippen LogP contribution in [0.15, 0.2) is 54.6 Å². The van der Waals surface area contributed by atoms with Crippen LogP contribution >= 0.6 is 11.8 Å². The van der Waals surface area contributed by atoms with Gasteiger partial charge in [0.15, 0.2) is 0 Å². The maximum atomic E-state index is 12.2. The van der Waals surface area contributed by atoms with Gasteiger partial charge in [0.25, 0.3) is 5.24 Å². The second-order valence-electron chi connectivity index (χ2n) is 10.3. The van der Waals surface area contributed by atoms with E-state index in [0.717, 1.165) is 80.7 Å². The summed E-state index contributed by atoms with van der Waals surface area (Å²) in [7, 11) is 0. The third-order valence-corrected chi connectivity index (χ3v) is 8.08. The van der Waals surface area contributed by atoms with Gasteiger partial charge in [0, 0.05) is 30.8 Å². The van der Waals surface area contributed by atoms with Crippen molar-refractivity contribution in [1.82, 2.24) is 4.90 Å². The van der Waals surface area contributed by atoms with Crippen LogP contribution in [0, 0.1) is 5.92 Å². The van der Waals surface area contributed by atoms with Gasteiger partial charge in [-0.25, -0.2) is 4.79 Å². The van der Waals surface area contributed by atoms with Crippen molar-refractivity contribution in [1.29, 1.82) is 0 Å². The van der Waals surface area contributed by atoms with Crippen LogP contribution in [0.2, 0.25) is 0 Å². The van der Waals surface area contributed by atoms with Crippen LogP contribution in [0.3, 0.4) is 0 Å². The summed E-state index contributed by atoms with van der Waals surface area (Å²) in [5, 5.41) is 0.180. The number of hydrogen-bond acceptors (Lipinski definition) is 7. The van der Waals surface area contributed by atoms with E-state index >= 15 is 0 Å². The number of para-hydroxylation sites is 1. The summed E-state index contributed by atoms with van der Waals surface area (Å²) in [4.78, 5) is 38.0. The zero-order chi connectivity index (χ0) is 30.0. The third kappa shape index (κ3) is 11.9. The number of carbonyl (C=O) groups excluding carboxylic acids is 3. The molecule has 1 fully saturated rings. The summed E-state index contributed by atoms with van der Waals surface area (Å²) in [6.07, 6.45) is 11.2. The first-order chi connectivity index (χ1) is 20.5. The number of esters is 2. The quantitative estimate of drug-likeness (QED) is 0.138. The fourth-order valence-corrected chi connectivity index (χ4v) is 5.65. The molecule has 1 saturated heterocycles. The van der Waals surface area contributed by atoms with Crippen molar-refractivity contribution in [2.24, 2.45) is 5.92 Å². The summed E-state index contributed by atoms with van der Waals surface area (Å²) < 4.78 is 16.3. The number of hydrogen-bond donors (Lipinski definition) is 0. The number of thioether (sulfide) groups is 1. The molecule has 0 N–H and O–H groups in total. The Morgan fingerprint density at radius 3 is 2.40 bits per heavy atom. The van der Waals surface area contributed by atoms with E-state index in [2.05, 4.69) is 12.2 Å². The van der Waals surface area contributed by atoms with Gasteiger partial charge < -0.3 is 19.1 Å². The molecule has 1 unspecified atom stereocenters. The lowest BCUT2D eigenvalue weighted by Gasteiger charge is -2.15. The second-order valence-corrected chi connectivity index (χ2v) is 11.4. The van der Waals surface area contributed by atoms with Crippen LogP contribution < -0.4 is 4.74 Å². The highest BCUT2D eigenvalue weighted by Gasteiger charge is 2.18. The summed E-state index contributed by atoms with van der Waals surface area (Å²) in [6.45, 7) is 6.69. The summed E-state index contributed by atoms with van der Waals surface area (Å²) >= 11 is 1.38. The minimum Gasteiger partial charge on any atom is -0.493 e. The fourth-order valence-electron chi connectivity index (χ4n) is 4.85. The Morgan fingerprint density at radius 1 is 0.929 bits per heavy atom. The van der Waals surface area contributed by atoms with Crippen LogP contribution in [-0.4, -0.2) is 60.7 Å². The van der Waals surface area contributed by atoms with E-state index in [4.69, 9.17) is 14.2 Å². The molecule has 1 amide bonds. The topological polar surface area (TPSA) is 82.1 Å². The smallest absolute Gasteiger partial charge is 0.338 e. The average Bonchev–Trinajstić information content (AvgIpc) is 3.54. The maximum Gasteiger partial charge on any atom is 0.338 e. The van der Waals surface area contributed by atoms with E-state index in [-0.39, 0.29) is 23.1 Å². The number of amides is 1. The molecule has 2 aromatic rings. The van der Waals surface area contributed by atoms with Crippen LogP contribution in [0.1, 0.15) is 80.3 Å². The molecule has 0 bridgehead atoms. The van der Waals surface area contributed by atoms with Crippen molar-refractivity contribution >= 4 is 35.0 Å². The molecule has 1 heterocycles. The first-order valence-corrected chi connectivity index (χ1v) is 16.2. The average molecular weight is 596 g/mol. The Morgan fingerprint density at radius 2 is 1.67 bits per heavy atom. The van der Waals surface area contributed by atoms with E-state index in [9.17, 15) is 14.4 Å². The van der Waals surface area contributed by atoms with Crippen LogP contribution in [0.4, 0.5) is 4.79 Å². The first-order valence-electron chi connectivity index (χ1n) is 15.2. The SMILES string of the molecule is CCOC(=O)CCCCC(/C=C/c1ccccc1OCCCSC(=O)N1CCCC1)Cc1ccc(C(=O)OCC)cc1. The molecule has 42 heavy (non-hydrogen) atoms. The van der Waals surface area contributed by atoms with Gasteiger partial charge in [0.2, 0.25) is 0 Å². The number of allylic oxidation sites excluding steroid dienone is 1. The van der Waals surface area contributed by atoms with Crippen molar-refractivity contribution in [2.75, 3.05) is 38.7 Å². The Labute approximate surface area is 255 Å². The number of ether oxygens (including phenoxy) is 3. The van der Waals surface area contributed by atoms with Crippen LogP contribution in [-0.2, 0) is 20.7 Å². The fraction of sp³-hybridized carbons (Fsp3) is 0.500. The molecule has 1 atom stereocenters. The highest BCUT2D eigenvalue weighted by atomic mass is 32.2. The number of benzene rings is 2. The Balaban J connectivity index is 1.58. The Hall–Kier alpha value is -3.26. The molecule has 0 aromatic heterocycles. The van der Waals surface area contributed by atoms with Crippen molar-refractivity contribution < 1.29 is 28.6 Å². The minimum atomic E-state index is -0.312. The lowest BCUT2D eigenvalue weighted by atomic mass is 9.92. The summed E-state index contributed by atoms with van der Waals surface area (Å²) in [6, 6.07) is 15.6. The molecule has 1 aliphatic rings. The first kappa shape index (κ1) is 33.2. The highest BCUT2D eigenvalue weighted by molar-refractivity contribution is 8.13. The normalized spacial score (nSPS) is 13.7. The third-order valence-electron chi connectivity index (χ3n) is 7.08. The lowest BCUT2D eigenvalue weighted by molar-refractivity contribution is -0.143. The number of rotatable bonds is 17. The van der Waals surface area contributed by atoms with E-state index in [1.54, 1.807) is 6.92 Å². The van der Waals surface area contributed by atoms with Gasteiger partial charge in [-0.1, -0.05) is 60.7 Å². The van der Waals surface area contributed by atoms with E-state index in [0.29, 0.717) is 31.8 Å². The van der Waals surface area contributed by atoms with E-state index < -0.39 is 0 Å². The molecule has 3 rings (SSSR count). The number of likely N-dealkylation sites (tertiary alicyclic amines) is 1. The molecule has 0 saturated carbocycles. The van der Waals surface area contributed by atoms with Crippen molar-refractivity contribution in [3.8, 4) is 5.75 Å². The minimum absolute atomic E-state index is 0.149. The Bertz CT molecular complexity index is 1140. The molecule has 1 aliphatic heterocycles. The van der Waals surface area contributed by atoms with E-state index in [1.165, 1.54) is 11.8 Å². The second kappa shape index (κ2) is 19.0. The molecule has 228 valence electrons. The molecule has 0 aliphatic carbocycles. The largest absolute Gasteiger partial charge is 0.493 e. The predicted octanol–water partition coefficient (Wildman–Crippen LogP) is 7.58. The Kier molecular flexibility index (Phi) is 15.1. The van der Waals surface area contributed by atoms with Gasteiger partial charge in [-0.05, 0) is 82.1 Å². The molecule has 0 spiro atoms. The molecule has 8 heteroatoms. The van der Waals surface area contributed by atoms with Gasteiger partial charge in [-0.15, -0.1) is 0 Å².